The van der Waals surface area contributed by atoms with E-state index in [-0.39, 0.29) is 12.5 Å². The summed E-state index contributed by atoms with van der Waals surface area (Å²) in [5.74, 6) is -0.0220. The van der Waals surface area contributed by atoms with E-state index in [1.165, 1.54) is 315 Å². The monoisotopic (exact) mass is 944 g/mol. The Morgan fingerprint density at radius 1 is 0.343 bits per heavy atom. The zero-order chi connectivity index (χ0) is 48.5. The summed E-state index contributed by atoms with van der Waals surface area (Å²) >= 11 is 0. The normalized spacial score (nSPS) is 12.7. The maximum Gasteiger partial charge on any atom is 0.220 e. The number of aliphatic hydroxyl groups excluding tert-OH is 2. The molecule has 0 heterocycles. The summed E-state index contributed by atoms with van der Waals surface area (Å²) in [7, 11) is 0. The molecule has 400 valence electrons. The van der Waals surface area contributed by atoms with Crippen molar-refractivity contribution in [1.82, 2.24) is 5.32 Å². The minimum absolute atomic E-state index is 0.0220. The van der Waals surface area contributed by atoms with Gasteiger partial charge in [0.25, 0.3) is 0 Å². The lowest BCUT2D eigenvalue weighted by Gasteiger charge is -2.22. The Balaban J connectivity index is 3.37. The van der Waals surface area contributed by atoms with Crippen LogP contribution < -0.4 is 5.32 Å². The zero-order valence-corrected chi connectivity index (χ0v) is 46.2. The van der Waals surface area contributed by atoms with Crippen molar-refractivity contribution in [2.75, 3.05) is 6.61 Å². The molecule has 0 aromatic heterocycles. The summed E-state index contributed by atoms with van der Waals surface area (Å²) in [6, 6.07) is -0.533. The Morgan fingerprint density at radius 2 is 0.567 bits per heavy atom. The molecule has 1 amide bonds. The number of carbonyl (C=O) groups is 1. The predicted octanol–water partition coefficient (Wildman–Crippen LogP) is 20.9. The number of aliphatic hydroxyl groups is 2. The second kappa shape index (κ2) is 59.4. The van der Waals surface area contributed by atoms with Gasteiger partial charge in [0.1, 0.15) is 0 Å². The molecule has 0 aliphatic carbocycles. The fourth-order valence-corrected chi connectivity index (χ4v) is 10.2. The molecule has 0 radical (unpaired) electrons. The molecule has 0 saturated heterocycles. The van der Waals surface area contributed by atoms with Crippen LogP contribution in [0.15, 0.2) is 12.2 Å². The maximum absolute atomic E-state index is 12.5. The largest absolute Gasteiger partial charge is 0.394 e. The van der Waals surface area contributed by atoms with E-state index in [2.05, 4.69) is 31.3 Å². The fraction of sp³-hybridized carbons (Fsp3) is 0.952. The van der Waals surface area contributed by atoms with Crippen LogP contribution in [0.4, 0.5) is 0 Å². The lowest BCUT2D eigenvalue weighted by atomic mass is 10.0. The first-order valence-electron chi connectivity index (χ1n) is 31.4. The predicted molar refractivity (Wildman–Crippen MR) is 299 cm³/mol. The molecule has 2 atom stereocenters. The summed E-state index contributed by atoms with van der Waals surface area (Å²) < 4.78 is 0. The van der Waals surface area contributed by atoms with Gasteiger partial charge >= 0.3 is 0 Å². The molecule has 2 unspecified atom stereocenters. The van der Waals surface area contributed by atoms with E-state index in [9.17, 15) is 15.0 Å². The number of carbonyl (C=O) groups excluding carboxylic acids is 1. The quantitative estimate of drug-likeness (QED) is 0.0420. The molecule has 0 bridgehead atoms. The van der Waals surface area contributed by atoms with Gasteiger partial charge in [0.2, 0.25) is 5.91 Å². The standard InChI is InChI=1S/C63H125NO3/c1-3-5-7-9-11-13-15-17-19-21-23-25-26-27-28-29-30-31-32-33-34-35-36-37-38-39-41-43-45-47-49-51-53-55-57-59-63(67)64-61(60-65)62(66)58-56-54-52-50-48-46-44-42-40-24-22-20-18-16-14-12-10-8-6-4-2/h21,23,61-62,65-66H,3-20,22,24-60H2,1-2H3,(H,64,67)/b23-21-. The van der Waals surface area contributed by atoms with Gasteiger partial charge in [0, 0.05) is 6.42 Å². The first-order valence-corrected chi connectivity index (χ1v) is 31.4. The minimum atomic E-state index is -0.656. The van der Waals surface area contributed by atoms with Crippen LogP contribution in [0.25, 0.3) is 0 Å². The summed E-state index contributed by atoms with van der Waals surface area (Å²) in [5, 5.41) is 23.4. The van der Waals surface area contributed by atoms with Gasteiger partial charge in [-0.3, -0.25) is 4.79 Å². The van der Waals surface area contributed by atoms with E-state index in [0.29, 0.717) is 12.8 Å². The highest BCUT2D eigenvalue weighted by Gasteiger charge is 2.20. The molecule has 0 aliphatic heterocycles. The molecule has 3 N–H and O–H groups in total. The van der Waals surface area contributed by atoms with E-state index in [0.717, 1.165) is 25.7 Å². The molecule has 0 saturated carbocycles. The molecule has 67 heavy (non-hydrogen) atoms. The Morgan fingerprint density at radius 3 is 0.821 bits per heavy atom. The highest BCUT2D eigenvalue weighted by molar-refractivity contribution is 5.76. The number of rotatable bonds is 59. The van der Waals surface area contributed by atoms with Crippen molar-refractivity contribution in [2.24, 2.45) is 0 Å². The number of unbranched alkanes of at least 4 members (excludes halogenated alkanes) is 50. The van der Waals surface area contributed by atoms with Crippen LogP contribution in [0.2, 0.25) is 0 Å². The average Bonchev–Trinajstić information content (AvgIpc) is 3.33. The molecule has 0 spiro atoms. The smallest absolute Gasteiger partial charge is 0.220 e. The van der Waals surface area contributed by atoms with Crippen molar-refractivity contribution in [3.63, 3.8) is 0 Å². The van der Waals surface area contributed by atoms with Gasteiger partial charge in [-0.2, -0.15) is 0 Å². The van der Waals surface area contributed by atoms with E-state index >= 15 is 0 Å². The van der Waals surface area contributed by atoms with Crippen molar-refractivity contribution in [2.45, 2.75) is 379 Å². The number of amides is 1. The SMILES string of the molecule is CCCCCCCCCC/C=C\CCCCCCCCCCCCCCCCCCCCCCCCCC(=O)NC(CO)C(O)CCCCCCCCCCCCCCCCCCCCCC. The fourth-order valence-electron chi connectivity index (χ4n) is 10.2. The lowest BCUT2D eigenvalue weighted by molar-refractivity contribution is -0.123. The number of allylic oxidation sites excluding steroid dienone is 2. The second-order valence-electron chi connectivity index (χ2n) is 21.8. The van der Waals surface area contributed by atoms with Gasteiger partial charge in [0.05, 0.1) is 18.8 Å². The minimum Gasteiger partial charge on any atom is -0.394 e. The van der Waals surface area contributed by atoms with Gasteiger partial charge in [-0.15, -0.1) is 0 Å². The summed E-state index contributed by atoms with van der Waals surface area (Å²) in [6.07, 6.45) is 78.1. The van der Waals surface area contributed by atoms with Gasteiger partial charge < -0.3 is 15.5 Å². The zero-order valence-electron chi connectivity index (χ0n) is 46.2. The van der Waals surface area contributed by atoms with Crippen LogP contribution in [-0.4, -0.2) is 34.9 Å². The molecule has 0 aromatic rings. The highest BCUT2D eigenvalue weighted by atomic mass is 16.3. The van der Waals surface area contributed by atoms with Crippen molar-refractivity contribution in [3.8, 4) is 0 Å². The van der Waals surface area contributed by atoms with Crippen molar-refractivity contribution in [1.29, 1.82) is 0 Å². The van der Waals surface area contributed by atoms with Crippen molar-refractivity contribution >= 4 is 5.91 Å². The van der Waals surface area contributed by atoms with Crippen LogP contribution in [0.5, 0.6) is 0 Å². The van der Waals surface area contributed by atoms with Crippen molar-refractivity contribution < 1.29 is 15.0 Å². The summed E-state index contributed by atoms with van der Waals surface area (Å²) in [5.41, 5.74) is 0. The molecule has 4 heteroatoms. The Hall–Kier alpha value is -0.870. The van der Waals surface area contributed by atoms with Gasteiger partial charge in [-0.05, 0) is 38.5 Å². The van der Waals surface area contributed by atoms with E-state index in [4.69, 9.17) is 0 Å². The van der Waals surface area contributed by atoms with Crippen LogP contribution >= 0.6 is 0 Å². The van der Waals surface area contributed by atoms with Crippen LogP contribution in [-0.2, 0) is 4.79 Å². The third kappa shape index (κ3) is 55.9. The van der Waals surface area contributed by atoms with Gasteiger partial charge in [-0.25, -0.2) is 0 Å². The molecule has 0 aromatic carbocycles. The molecular weight excluding hydrogens is 819 g/mol. The number of hydrogen-bond donors (Lipinski definition) is 3. The first kappa shape index (κ1) is 66.1. The second-order valence-corrected chi connectivity index (χ2v) is 21.8. The molecule has 0 rings (SSSR count). The average molecular weight is 945 g/mol. The molecular formula is C63H125NO3. The van der Waals surface area contributed by atoms with Gasteiger partial charge in [-0.1, -0.05) is 334 Å². The summed E-state index contributed by atoms with van der Waals surface area (Å²) in [4.78, 5) is 12.5. The first-order chi connectivity index (χ1) is 33.2. The van der Waals surface area contributed by atoms with E-state index < -0.39 is 12.1 Å². The van der Waals surface area contributed by atoms with E-state index in [1.807, 2.05) is 0 Å². The van der Waals surface area contributed by atoms with Gasteiger partial charge in [0.15, 0.2) is 0 Å². The van der Waals surface area contributed by atoms with E-state index in [1.54, 1.807) is 0 Å². The topological polar surface area (TPSA) is 69.6 Å². The van der Waals surface area contributed by atoms with Crippen LogP contribution in [0.1, 0.15) is 367 Å². The molecule has 0 fully saturated rings. The highest BCUT2D eigenvalue weighted by Crippen LogP contribution is 2.19. The van der Waals surface area contributed by atoms with Crippen LogP contribution in [0.3, 0.4) is 0 Å². The Kier molecular flexibility index (Phi) is 58.7. The number of nitrogens with one attached hydrogen (secondary N) is 1. The maximum atomic E-state index is 12.5. The third-order valence-electron chi connectivity index (χ3n) is 15.0. The Bertz CT molecular complexity index is 936. The molecule has 0 aliphatic rings. The lowest BCUT2D eigenvalue weighted by Crippen LogP contribution is -2.45. The number of hydrogen-bond acceptors (Lipinski definition) is 3. The Labute approximate surface area is 422 Å². The van der Waals surface area contributed by atoms with Crippen molar-refractivity contribution in [3.05, 3.63) is 12.2 Å². The van der Waals surface area contributed by atoms with Crippen LogP contribution in [0, 0.1) is 0 Å². The summed E-state index contributed by atoms with van der Waals surface area (Å²) in [6.45, 7) is 4.40. The molecule has 4 nitrogen and oxygen atoms in total. The third-order valence-corrected chi connectivity index (χ3v) is 15.0.